The molecule has 2 atom stereocenters. The van der Waals surface area contributed by atoms with Gasteiger partial charge in [0.1, 0.15) is 0 Å². The Balaban J connectivity index is 0.000000232. The number of rotatable bonds is 1. The molecule has 0 bridgehead atoms. The van der Waals surface area contributed by atoms with Gasteiger partial charge in [0.15, 0.2) is 5.76 Å². The van der Waals surface area contributed by atoms with E-state index in [2.05, 4.69) is 17.4 Å². The first-order valence-electron chi connectivity index (χ1n) is 5.55. The van der Waals surface area contributed by atoms with Gasteiger partial charge in [0, 0.05) is 12.1 Å². The number of aliphatic carboxylic acids is 2. The van der Waals surface area contributed by atoms with E-state index >= 15 is 0 Å². The Morgan fingerprint density at radius 2 is 2.00 bits per heavy atom. The summed E-state index contributed by atoms with van der Waals surface area (Å²) >= 11 is 0. The second-order valence-corrected chi connectivity index (χ2v) is 4.18. The fourth-order valence-corrected chi connectivity index (χ4v) is 1.70. The standard InChI is InChI=1S/C9H14N2O.C2H2O4/c1-6-3-4-8(10-6)9-5-7(2)11-12-9;3-1(4)2(5)6/h5-6,8,10H,3-4H2,1-2H3;(H,3,4)(H,5,6). The highest BCUT2D eigenvalue weighted by molar-refractivity contribution is 6.27. The second-order valence-electron chi connectivity index (χ2n) is 4.18. The largest absolute Gasteiger partial charge is 0.473 e. The average Bonchev–Trinajstić information content (AvgIpc) is 2.88. The number of hydrogen-bond acceptors (Lipinski definition) is 5. The molecule has 18 heavy (non-hydrogen) atoms. The van der Waals surface area contributed by atoms with Crippen LogP contribution in [0, 0.1) is 6.92 Å². The molecule has 1 fully saturated rings. The van der Waals surface area contributed by atoms with Crippen LogP contribution in [-0.4, -0.2) is 33.4 Å². The quantitative estimate of drug-likeness (QED) is 0.641. The van der Waals surface area contributed by atoms with Gasteiger partial charge in [-0.05, 0) is 26.7 Å². The molecule has 0 aliphatic carbocycles. The summed E-state index contributed by atoms with van der Waals surface area (Å²) in [7, 11) is 0. The molecule has 1 aromatic rings. The Labute approximate surface area is 104 Å². The third kappa shape index (κ3) is 4.17. The monoisotopic (exact) mass is 256 g/mol. The zero-order chi connectivity index (χ0) is 13.7. The number of carbonyl (C=O) groups is 2. The summed E-state index contributed by atoms with van der Waals surface area (Å²) in [5, 5.41) is 22.1. The smallest absolute Gasteiger partial charge is 0.414 e. The molecule has 3 N–H and O–H groups in total. The molecule has 0 saturated carbocycles. The van der Waals surface area contributed by atoms with Crippen molar-refractivity contribution in [2.75, 3.05) is 0 Å². The summed E-state index contributed by atoms with van der Waals surface area (Å²) in [6.45, 7) is 4.15. The van der Waals surface area contributed by atoms with Crippen LogP contribution in [0.5, 0.6) is 0 Å². The zero-order valence-corrected chi connectivity index (χ0v) is 10.2. The molecular weight excluding hydrogens is 240 g/mol. The van der Waals surface area contributed by atoms with Gasteiger partial charge in [0.2, 0.25) is 0 Å². The molecule has 1 aliphatic heterocycles. The van der Waals surface area contributed by atoms with Gasteiger partial charge in [-0.25, -0.2) is 9.59 Å². The van der Waals surface area contributed by atoms with Crippen LogP contribution in [0.4, 0.5) is 0 Å². The average molecular weight is 256 g/mol. The molecule has 1 aliphatic rings. The number of nitrogens with one attached hydrogen (secondary N) is 1. The Bertz CT molecular complexity index is 417. The molecule has 2 heterocycles. The highest BCUT2D eigenvalue weighted by atomic mass is 16.5. The number of carboxylic acids is 2. The highest BCUT2D eigenvalue weighted by Gasteiger charge is 2.24. The summed E-state index contributed by atoms with van der Waals surface area (Å²) in [4.78, 5) is 18.2. The Hall–Kier alpha value is -1.89. The summed E-state index contributed by atoms with van der Waals surface area (Å²) in [5.74, 6) is -2.66. The summed E-state index contributed by atoms with van der Waals surface area (Å²) in [5.41, 5.74) is 0.964. The van der Waals surface area contributed by atoms with Crippen molar-refractivity contribution in [2.45, 2.75) is 38.8 Å². The van der Waals surface area contributed by atoms with Gasteiger partial charge in [-0.2, -0.15) is 0 Å². The van der Waals surface area contributed by atoms with E-state index in [4.69, 9.17) is 24.3 Å². The van der Waals surface area contributed by atoms with E-state index in [0.717, 1.165) is 17.9 Å². The first kappa shape index (κ1) is 14.2. The maximum absolute atomic E-state index is 9.10. The Morgan fingerprint density at radius 1 is 1.39 bits per heavy atom. The molecule has 1 aromatic heterocycles. The first-order valence-corrected chi connectivity index (χ1v) is 5.55. The van der Waals surface area contributed by atoms with Gasteiger partial charge >= 0.3 is 11.9 Å². The van der Waals surface area contributed by atoms with Gasteiger partial charge in [-0.3, -0.25) is 0 Å². The van der Waals surface area contributed by atoms with Gasteiger partial charge < -0.3 is 20.1 Å². The predicted molar refractivity (Wildman–Crippen MR) is 61.1 cm³/mol. The third-order valence-electron chi connectivity index (χ3n) is 2.55. The Morgan fingerprint density at radius 3 is 2.33 bits per heavy atom. The molecule has 100 valence electrons. The minimum Gasteiger partial charge on any atom is -0.473 e. The van der Waals surface area contributed by atoms with Crippen molar-refractivity contribution in [1.82, 2.24) is 10.5 Å². The van der Waals surface area contributed by atoms with E-state index in [9.17, 15) is 0 Å². The van der Waals surface area contributed by atoms with Crippen molar-refractivity contribution in [3.63, 3.8) is 0 Å². The predicted octanol–water partition coefficient (Wildman–Crippen LogP) is 0.952. The van der Waals surface area contributed by atoms with E-state index in [-0.39, 0.29) is 0 Å². The Kier molecular flexibility index (Phi) is 4.85. The fraction of sp³-hybridized carbons (Fsp3) is 0.545. The van der Waals surface area contributed by atoms with Crippen LogP contribution in [-0.2, 0) is 9.59 Å². The fourth-order valence-electron chi connectivity index (χ4n) is 1.70. The van der Waals surface area contributed by atoms with Gasteiger partial charge in [-0.1, -0.05) is 5.16 Å². The molecule has 7 heteroatoms. The molecule has 0 spiro atoms. The molecule has 0 radical (unpaired) electrons. The van der Waals surface area contributed by atoms with Crippen LogP contribution in [0.1, 0.15) is 37.3 Å². The lowest BCUT2D eigenvalue weighted by molar-refractivity contribution is -0.159. The van der Waals surface area contributed by atoms with Gasteiger partial charge in [0.05, 0.1) is 11.7 Å². The third-order valence-corrected chi connectivity index (χ3v) is 2.55. The van der Waals surface area contributed by atoms with E-state index < -0.39 is 11.9 Å². The minimum absolute atomic E-state index is 0.390. The van der Waals surface area contributed by atoms with Crippen LogP contribution in [0.2, 0.25) is 0 Å². The van der Waals surface area contributed by atoms with Crippen LogP contribution in [0.3, 0.4) is 0 Å². The SMILES string of the molecule is Cc1cc(C2CCC(C)N2)on1.O=C(O)C(=O)O. The van der Waals surface area contributed by atoms with Gasteiger partial charge in [0.25, 0.3) is 0 Å². The molecule has 7 nitrogen and oxygen atoms in total. The molecule has 0 amide bonds. The molecule has 2 unspecified atom stereocenters. The number of aromatic nitrogens is 1. The maximum atomic E-state index is 9.10. The van der Waals surface area contributed by atoms with Crippen molar-refractivity contribution in [2.24, 2.45) is 0 Å². The minimum atomic E-state index is -1.82. The summed E-state index contributed by atoms with van der Waals surface area (Å²) in [6, 6.07) is 3.01. The van der Waals surface area contributed by atoms with Crippen molar-refractivity contribution in [3.05, 3.63) is 17.5 Å². The zero-order valence-electron chi connectivity index (χ0n) is 10.2. The number of nitrogens with zero attached hydrogens (tertiary/aromatic N) is 1. The summed E-state index contributed by atoms with van der Waals surface area (Å²) < 4.78 is 5.18. The molecule has 0 aromatic carbocycles. The van der Waals surface area contributed by atoms with E-state index in [0.29, 0.717) is 12.1 Å². The lowest BCUT2D eigenvalue weighted by Crippen LogP contribution is -2.20. The van der Waals surface area contributed by atoms with Crippen LogP contribution in [0.25, 0.3) is 0 Å². The van der Waals surface area contributed by atoms with Crippen molar-refractivity contribution in [1.29, 1.82) is 0 Å². The normalized spacial score (nSPS) is 22.1. The van der Waals surface area contributed by atoms with Crippen LogP contribution < -0.4 is 5.32 Å². The number of aryl methyl sites for hydroxylation is 1. The first-order chi connectivity index (χ1) is 8.40. The van der Waals surface area contributed by atoms with Crippen LogP contribution >= 0.6 is 0 Å². The molecule has 1 saturated heterocycles. The van der Waals surface area contributed by atoms with Crippen molar-refractivity contribution >= 4 is 11.9 Å². The maximum Gasteiger partial charge on any atom is 0.414 e. The topological polar surface area (TPSA) is 113 Å². The van der Waals surface area contributed by atoms with Crippen molar-refractivity contribution < 1.29 is 24.3 Å². The highest BCUT2D eigenvalue weighted by Crippen LogP contribution is 2.26. The van der Waals surface area contributed by atoms with Crippen molar-refractivity contribution in [3.8, 4) is 0 Å². The van der Waals surface area contributed by atoms with E-state index in [1.54, 1.807) is 0 Å². The lowest BCUT2D eigenvalue weighted by Gasteiger charge is -2.06. The molecule has 2 rings (SSSR count). The second kappa shape index (κ2) is 6.15. The molecular formula is C11H16N2O5. The van der Waals surface area contributed by atoms with Gasteiger partial charge in [-0.15, -0.1) is 0 Å². The van der Waals surface area contributed by atoms with E-state index in [1.807, 2.05) is 13.0 Å². The lowest BCUT2D eigenvalue weighted by atomic mass is 10.1. The van der Waals surface area contributed by atoms with E-state index in [1.165, 1.54) is 6.42 Å². The number of hydrogen-bond donors (Lipinski definition) is 3. The van der Waals surface area contributed by atoms with Crippen LogP contribution in [0.15, 0.2) is 10.6 Å². The number of carboxylic acid groups (broad SMARTS) is 2. The summed E-state index contributed by atoms with van der Waals surface area (Å²) in [6.07, 6.45) is 2.39.